The molecule has 1 aliphatic rings. The Morgan fingerprint density at radius 2 is 1.98 bits per heavy atom. The lowest BCUT2D eigenvalue weighted by Crippen LogP contribution is -2.76. The van der Waals surface area contributed by atoms with Crippen LogP contribution in [0.25, 0.3) is 22.4 Å². The first-order valence-corrected chi connectivity index (χ1v) is 14.6. The van der Waals surface area contributed by atoms with E-state index < -0.39 is 15.6 Å². The van der Waals surface area contributed by atoms with Gasteiger partial charge in [0.15, 0.2) is 6.29 Å². The zero-order valence-corrected chi connectivity index (χ0v) is 23.3. The van der Waals surface area contributed by atoms with Crippen molar-refractivity contribution in [2.45, 2.75) is 58.3 Å². The van der Waals surface area contributed by atoms with E-state index in [1.807, 2.05) is 13.8 Å². The Kier molecular flexibility index (Phi) is 10.6. The number of quaternary nitrogens is 1. The van der Waals surface area contributed by atoms with E-state index in [1.165, 1.54) is 16.4 Å². The number of sulfonamides is 1. The summed E-state index contributed by atoms with van der Waals surface area (Å²) in [5.74, 6) is 0.839. The number of hydrogen-bond donors (Lipinski definition) is 2. The maximum atomic E-state index is 13.6. The normalized spacial score (nSPS) is 14.8. The predicted molar refractivity (Wildman–Crippen MR) is 151 cm³/mol. The summed E-state index contributed by atoms with van der Waals surface area (Å²) in [4.78, 5) is 37.3. The van der Waals surface area contributed by atoms with Gasteiger partial charge in [0.1, 0.15) is 29.2 Å². The summed E-state index contributed by atoms with van der Waals surface area (Å²) in [6.45, 7) is 5.16. The van der Waals surface area contributed by atoms with Crippen molar-refractivity contribution in [3.05, 3.63) is 45.0 Å². The molecule has 0 amide bonds. The number of carbonyl (C=O) groups is 1. The fourth-order valence-corrected chi connectivity index (χ4v) is 6.71. The monoisotopic (exact) mass is 577 g/mol. The summed E-state index contributed by atoms with van der Waals surface area (Å²) in [6, 6.07) is 4.56. The number of aryl methyl sites for hydroxylation is 2. The van der Waals surface area contributed by atoms with Gasteiger partial charge in [-0.2, -0.15) is 4.31 Å². The maximum Gasteiger partial charge on any atom is 0.275 e. The van der Waals surface area contributed by atoms with E-state index in [-0.39, 0.29) is 29.6 Å². The number of nitrogens with zero attached hydrogens (tertiary/aromatic N) is 3. The van der Waals surface area contributed by atoms with E-state index >= 15 is 0 Å². The third-order valence-electron chi connectivity index (χ3n) is 7.23. The van der Waals surface area contributed by atoms with Gasteiger partial charge < -0.3 is 19.5 Å². The molecular weight excluding hydrogens is 538 g/mol. The number of aromatic nitrogens is 3. The van der Waals surface area contributed by atoms with Crippen LogP contribution in [0.15, 0.2) is 27.9 Å². The highest BCUT2D eigenvalue weighted by Gasteiger charge is 2.30. The van der Waals surface area contributed by atoms with Gasteiger partial charge >= 0.3 is 0 Å². The molecule has 220 valence electrons. The maximum absolute atomic E-state index is 13.6. The van der Waals surface area contributed by atoms with Gasteiger partial charge in [-0.3, -0.25) is 9.59 Å². The lowest BCUT2D eigenvalue weighted by Gasteiger charge is -2.31. The quantitative estimate of drug-likeness (QED) is 0.188. The molecule has 0 aliphatic carbocycles. The highest BCUT2D eigenvalue weighted by molar-refractivity contribution is 7.89. The third kappa shape index (κ3) is 6.13. The molecule has 0 unspecified atom stereocenters. The molecule has 3 heterocycles. The molecule has 0 bridgehead atoms. The molecule has 4 rings (SSSR count). The molecule has 3 aromatic rings. The van der Waals surface area contributed by atoms with Gasteiger partial charge in [0.25, 0.3) is 5.56 Å². The molecule has 40 heavy (non-hydrogen) atoms. The number of aromatic amines is 1. The van der Waals surface area contributed by atoms with Crippen molar-refractivity contribution < 1.29 is 28.4 Å². The number of ether oxygens (including phenoxy) is 1. The van der Waals surface area contributed by atoms with E-state index in [4.69, 9.17) is 14.6 Å². The van der Waals surface area contributed by atoms with Crippen LogP contribution in [0.5, 0.6) is 5.75 Å². The first-order chi connectivity index (χ1) is 18.8. The van der Waals surface area contributed by atoms with Gasteiger partial charge in [0, 0.05) is 25.7 Å². The van der Waals surface area contributed by atoms with Crippen molar-refractivity contribution in [3.63, 3.8) is 0 Å². The number of aldehydes is 1. The second-order valence-electron chi connectivity index (χ2n) is 9.60. The lowest BCUT2D eigenvalue weighted by atomic mass is 9.95. The van der Waals surface area contributed by atoms with Crippen molar-refractivity contribution in [1.29, 1.82) is 0 Å². The Labute approximate surface area is 234 Å². The van der Waals surface area contributed by atoms with Crippen LogP contribution in [0.4, 0.5) is 0 Å². The van der Waals surface area contributed by atoms with Gasteiger partial charge in [-0.15, -0.1) is 0 Å². The molecular formula is C27H39N5O7S. The van der Waals surface area contributed by atoms with Crippen LogP contribution in [-0.4, -0.2) is 59.8 Å². The molecule has 1 saturated heterocycles. The molecule has 0 radical (unpaired) electrons. The molecule has 1 aliphatic heterocycles. The lowest BCUT2D eigenvalue weighted by molar-refractivity contribution is -0.850. The van der Waals surface area contributed by atoms with Gasteiger partial charge in [0.2, 0.25) is 10.0 Å². The Bertz CT molecular complexity index is 1490. The fraction of sp³-hybridized carbons (Fsp3) is 0.519. The van der Waals surface area contributed by atoms with E-state index in [9.17, 15) is 23.2 Å². The van der Waals surface area contributed by atoms with Gasteiger partial charge in [-0.25, -0.2) is 23.9 Å². The summed E-state index contributed by atoms with van der Waals surface area (Å²) in [7, 11) is -2.18. The Balaban J connectivity index is 0.00000441. The molecule has 1 fully saturated rings. The third-order valence-corrected chi connectivity index (χ3v) is 9.12. The standard InChI is InChI=1S/C26H35N5O7S.CH4/c1-4-6-19-21(16-32)30(3)24-23(19)27-25(28-26(24)33)20-15-18(7-8-22(20)37-5-2)39(35,36)31-12-9-17(10-13-31)11-14-38-29-34;/h7-8,15-17H,4-6,9-14,29H2,1-3H3,(H,27,28,33);1H4. The molecule has 13 heteroatoms. The number of nitrogens with one attached hydrogen (secondary N) is 1. The van der Waals surface area contributed by atoms with Crippen molar-refractivity contribution in [3.8, 4) is 17.1 Å². The number of H-pyrrole nitrogens is 1. The SMILES string of the molecule is C.CCCc1c(C=O)n(C)c2c(=O)[nH]c(-c3cc(S(=O)(=O)N4CCC(CCO[NH2+][O-])CC4)ccc3OCC)nc12. The van der Waals surface area contributed by atoms with Gasteiger partial charge in [-0.1, -0.05) is 20.8 Å². The Hall–Kier alpha value is -3.10. The fourth-order valence-electron chi connectivity index (χ4n) is 5.21. The second kappa shape index (κ2) is 13.5. The predicted octanol–water partition coefficient (Wildman–Crippen LogP) is 2.51. The van der Waals surface area contributed by atoms with Gasteiger partial charge in [-0.05, 0) is 56.7 Å². The van der Waals surface area contributed by atoms with Crippen LogP contribution >= 0.6 is 0 Å². The van der Waals surface area contributed by atoms with Crippen LogP contribution in [0.2, 0.25) is 0 Å². The molecule has 0 spiro atoms. The second-order valence-corrected chi connectivity index (χ2v) is 11.5. The zero-order chi connectivity index (χ0) is 28.2. The summed E-state index contributed by atoms with van der Waals surface area (Å²) < 4.78 is 36.0. The average molecular weight is 578 g/mol. The summed E-state index contributed by atoms with van der Waals surface area (Å²) in [5, 5.41) is 10.4. The summed E-state index contributed by atoms with van der Waals surface area (Å²) in [5.41, 5.74) is 2.11. The molecule has 0 saturated carbocycles. The minimum atomic E-state index is -3.83. The number of fused-ring (bicyclic) bond motifs is 1. The molecule has 12 nitrogen and oxygen atoms in total. The molecule has 3 N–H and O–H groups in total. The molecule has 0 atom stereocenters. The van der Waals surface area contributed by atoms with Gasteiger partial charge in [0.05, 0.1) is 22.8 Å². The number of rotatable bonds is 12. The number of piperidine rings is 1. The van der Waals surface area contributed by atoms with Crippen molar-refractivity contribution >= 4 is 27.3 Å². The summed E-state index contributed by atoms with van der Waals surface area (Å²) >= 11 is 0. The Morgan fingerprint density at radius 1 is 1.25 bits per heavy atom. The van der Waals surface area contributed by atoms with Crippen LogP contribution in [0.1, 0.15) is 63.0 Å². The number of benzene rings is 1. The Morgan fingerprint density at radius 3 is 2.60 bits per heavy atom. The van der Waals surface area contributed by atoms with Crippen molar-refractivity contribution in [2.75, 3.05) is 26.3 Å². The van der Waals surface area contributed by atoms with Crippen molar-refractivity contribution in [1.82, 2.24) is 18.8 Å². The summed E-state index contributed by atoms with van der Waals surface area (Å²) in [6.07, 6.45) is 4.08. The topological polar surface area (TPSA) is 163 Å². The number of nitrogens with two attached hydrogens (primary N) is 1. The first-order valence-electron chi connectivity index (χ1n) is 13.2. The molecule has 1 aromatic carbocycles. The highest BCUT2D eigenvalue weighted by atomic mass is 32.2. The van der Waals surface area contributed by atoms with Crippen LogP contribution in [0.3, 0.4) is 0 Å². The van der Waals surface area contributed by atoms with E-state index in [2.05, 4.69) is 4.98 Å². The van der Waals surface area contributed by atoms with Crippen LogP contribution in [-0.2, 0) is 28.3 Å². The smallest absolute Gasteiger partial charge is 0.275 e. The zero-order valence-electron chi connectivity index (χ0n) is 22.4. The minimum Gasteiger partial charge on any atom is -0.601 e. The number of hydrogen-bond acceptors (Lipinski definition) is 8. The van der Waals surface area contributed by atoms with Crippen LogP contribution in [0, 0.1) is 11.1 Å². The van der Waals surface area contributed by atoms with E-state index in [0.29, 0.717) is 85.7 Å². The van der Waals surface area contributed by atoms with Crippen LogP contribution < -0.4 is 15.9 Å². The van der Waals surface area contributed by atoms with Crippen molar-refractivity contribution in [2.24, 2.45) is 13.0 Å². The number of carbonyl (C=O) groups excluding carboxylic acids is 1. The average Bonchev–Trinajstić information content (AvgIpc) is 3.20. The highest BCUT2D eigenvalue weighted by Crippen LogP contribution is 2.34. The van der Waals surface area contributed by atoms with E-state index in [1.54, 1.807) is 17.7 Å². The largest absolute Gasteiger partial charge is 0.601 e. The first kappa shape index (κ1) is 31.4. The molecule has 2 aromatic heterocycles. The van der Waals surface area contributed by atoms with E-state index in [0.717, 1.165) is 12.7 Å². The minimum absolute atomic E-state index is 0.